The maximum absolute atomic E-state index is 12.9. The quantitative estimate of drug-likeness (QED) is 0.424. The van der Waals surface area contributed by atoms with Gasteiger partial charge in [-0.05, 0) is 56.2 Å². The second-order valence-electron chi connectivity index (χ2n) is 6.80. The van der Waals surface area contributed by atoms with Crippen molar-refractivity contribution >= 4 is 11.0 Å². The summed E-state index contributed by atoms with van der Waals surface area (Å²) in [6, 6.07) is 15.0. The Balaban J connectivity index is 1.91. The van der Waals surface area contributed by atoms with Crippen molar-refractivity contribution in [3.8, 4) is 16.8 Å². The van der Waals surface area contributed by atoms with Crippen molar-refractivity contribution in [3.63, 3.8) is 0 Å². The Hall–Kier alpha value is -3.15. The number of alkyl halides is 3. The van der Waals surface area contributed by atoms with Gasteiger partial charge in [0.1, 0.15) is 0 Å². The van der Waals surface area contributed by atoms with Crippen LogP contribution in [0.2, 0.25) is 0 Å². The highest BCUT2D eigenvalue weighted by atomic mass is 19.4. The Bertz CT molecular complexity index is 1160. The third kappa shape index (κ3) is 2.95. The number of halogens is 3. The Morgan fingerprint density at radius 3 is 2.07 bits per heavy atom. The number of rotatable bonds is 2. The van der Waals surface area contributed by atoms with E-state index in [0.29, 0.717) is 5.56 Å². The predicted octanol–water partition coefficient (Wildman–Crippen LogP) is 6.03. The molecule has 0 amide bonds. The molecule has 3 nitrogen and oxygen atoms in total. The minimum atomic E-state index is -4.35. The first kappa shape index (κ1) is 18.2. The number of hydrogen-bond acceptors (Lipinski definition) is 2. The van der Waals surface area contributed by atoms with Crippen LogP contribution in [0.5, 0.6) is 0 Å². The first-order valence-electron chi connectivity index (χ1n) is 8.87. The largest absolute Gasteiger partial charge is 0.416 e. The van der Waals surface area contributed by atoms with E-state index >= 15 is 0 Å². The Kier molecular flexibility index (Phi) is 4.22. The van der Waals surface area contributed by atoms with Crippen LogP contribution in [-0.2, 0) is 6.18 Å². The summed E-state index contributed by atoms with van der Waals surface area (Å²) >= 11 is 0. The average Bonchev–Trinajstić information content (AvgIpc) is 2.98. The second-order valence-corrected chi connectivity index (χ2v) is 6.80. The third-order valence-corrected chi connectivity index (χ3v) is 4.92. The van der Waals surface area contributed by atoms with E-state index in [1.165, 1.54) is 12.1 Å². The summed E-state index contributed by atoms with van der Waals surface area (Å²) in [6.07, 6.45) is -4.35. The van der Waals surface area contributed by atoms with E-state index in [2.05, 4.69) is 5.10 Å². The molecule has 6 heteroatoms. The fourth-order valence-corrected chi connectivity index (χ4v) is 3.67. The second kappa shape index (κ2) is 6.48. The van der Waals surface area contributed by atoms with E-state index in [4.69, 9.17) is 4.98 Å². The zero-order valence-corrected chi connectivity index (χ0v) is 15.7. The number of fused-ring (bicyclic) bond motifs is 1. The van der Waals surface area contributed by atoms with E-state index < -0.39 is 11.7 Å². The topological polar surface area (TPSA) is 30.7 Å². The number of hydrogen-bond donors (Lipinski definition) is 0. The van der Waals surface area contributed by atoms with Gasteiger partial charge in [-0.3, -0.25) is 0 Å². The molecule has 0 N–H and O–H groups in total. The number of nitrogens with zero attached hydrogens (tertiary/aromatic N) is 3. The number of aryl methyl sites for hydroxylation is 3. The van der Waals surface area contributed by atoms with E-state index in [1.807, 2.05) is 51.1 Å². The summed E-state index contributed by atoms with van der Waals surface area (Å²) in [5, 5.41) is 5.57. The molecule has 2 aromatic carbocycles. The third-order valence-electron chi connectivity index (χ3n) is 4.92. The van der Waals surface area contributed by atoms with Gasteiger partial charge in [0.15, 0.2) is 5.65 Å². The Morgan fingerprint density at radius 2 is 1.46 bits per heavy atom. The zero-order chi connectivity index (χ0) is 20.1. The average molecular weight is 381 g/mol. The van der Waals surface area contributed by atoms with Gasteiger partial charge < -0.3 is 0 Å². The minimum absolute atomic E-state index is 0.659. The van der Waals surface area contributed by atoms with Gasteiger partial charge in [-0.2, -0.15) is 18.3 Å². The highest BCUT2D eigenvalue weighted by Gasteiger charge is 2.30. The Labute approximate surface area is 160 Å². The van der Waals surface area contributed by atoms with Crippen molar-refractivity contribution in [1.29, 1.82) is 0 Å². The Morgan fingerprint density at radius 1 is 0.821 bits per heavy atom. The van der Waals surface area contributed by atoms with Crippen LogP contribution < -0.4 is 0 Å². The molecule has 0 saturated heterocycles. The van der Waals surface area contributed by atoms with Crippen LogP contribution in [0, 0.1) is 20.8 Å². The molecule has 0 atom stereocenters. The zero-order valence-electron chi connectivity index (χ0n) is 15.7. The molecule has 0 radical (unpaired) electrons. The lowest BCUT2D eigenvalue weighted by Gasteiger charge is -2.13. The molecule has 2 heterocycles. The summed E-state index contributed by atoms with van der Waals surface area (Å²) in [5.74, 6) is 0. The maximum atomic E-state index is 12.9. The highest BCUT2D eigenvalue weighted by Crippen LogP contribution is 2.36. The summed E-state index contributed by atoms with van der Waals surface area (Å²) < 4.78 is 40.5. The number of para-hydroxylation sites is 1. The summed E-state index contributed by atoms with van der Waals surface area (Å²) in [6.45, 7) is 5.76. The lowest BCUT2D eigenvalue weighted by atomic mass is 9.96. The van der Waals surface area contributed by atoms with E-state index in [0.717, 1.165) is 51.4 Å². The van der Waals surface area contributed by atoms with E-state index in [1.54, 1.807) is 4.68 Å². The molecule has 28 heavy (non-hydrogen) atoms. The van der Waals surface area contributed by atoms with Gasteiger partial charge in [-0.15, -0.1) is 0 Å². The lowest BCUT2D eigenvalue weighted by Crippen LogP contribution is -2.04. The standard InChI is InChI=1S/C22H18F3N3/c1-13-19(16-9-11-17(12-10-16)22(23,24)25)14(2)26-21-20(13)15(3)27-28(21)18-7-5-4-6-8-18/h4-12H,1-3H3. The van der Waals surface area contributed by atoms with Gasteiger partial charge in [0.25, 0.3) is 0 Å². The van der Waals surface area contributed by atoms with Crippen LogP contribution in [0.3, 0.4) is 0 Å². The van der Waals surface area contributed by atoms with Crippen molar-refractivity contribution in [2.75, 3.05) is 0 Å². The van der Waals surface area contributed by atoms with Crippen LogP contribution >= 0.6 is 0 Å². The molecule has 0 aliphatic heterocycles. The molecule has 2 aromatic heterocycles. The van der Waals surface area contributed by atoms with Crippen molar-refractivity contribution < 1.29 is 13.2 Å². The molecular formula is C22H18F3N3. The minimum Gasteiger partial charge on any atom is -0.233 e. The van der Waals surface area contributed by atoms with Crippen LogP contribution in [-0.4, -0.2) is 14.8 Å². The smallest absolute Gasteiger partial charge is 0.233 e. The predicted molar refractivity (Wildman–Crippen MR) is 104 cm³/mol. The van der Waals surface area contributed by atoms with Crippen LogP contribution in [0.1, 0.15) is 22.5 Å². The number of aromatic nitrogens is 3. The molecule has 4 rings (SSSR count). The van der Waals surface area contributed by atoms with Crippen molar-refractivity contribution in [1.82, 2.24) is 14.8 Å². The molecule has 142 valence electrons. The maximum Gasteiger partial charge on any atom is 0.416 e. The van der Waals surface area contributed by atoms with Crippen LogP contribution in [0.4, 0.5) is 13.2 Å². The monoisotopic (exact) mass is 381 g/mol. The molecule has 4 aromatic rings. The SMILES string of the molecule is Cc1nc2c(c(C)nn2-c2ccccc2)c(C)c1-c1ccc(C(F)(F)F)cc1. The first-order valence-corrected chi connectivity index (χ1v) is 8.87. The van der Waals surface area contributed by atoms with Crippen molar-refractivity contribution in [3.05, 3.63) is 77.1 Å². The number of pyridine rings is 1. The van der Waals surface area contributed by atoms with Gasteiger partial charge >= 0.3 is 6.18 Å². The van der Waals surface area contributed by atoms with Crippen molar-refractivity contribution in [2.45, 2.75) is 26.9 Å². The fourth-order valence-electron chi connectivity index (χ4n) is 3.67. The highest BCUT2D eigenvalue weighted by molar-refractivity contribution is 5.90. The fraction of sp³-hybridized carbons (Fsp3) is 0.182. The molecule has 0 spiro atoms. The van der Waals surface area contributed by atoms with Gasteiger partial charge in [0.05, 0.1) is 16.9 Å². The molecule has 0 unspecified atom stereocenters. The van der Waals surface area contributed by atoms with Gasteiger partial charge in [-0.1, -0.05) is 30.3 Å². The number of benzene rings is 2. The molecule has 0 saturated carbocycles. The molecule has 0 aliphatic carbocycles. The normalized spacial score (nSPS) is 11.9. The van der Waals surface area contributed by atoms with Crippen molar-refractivity contribution in [2.24, 2.45) is 0 Å². The lowest BCUT2D eigenvalue weighted by molar-refractivity contribution is -0.137. The van der Waals surface area contributed by atoms with Crippen LogP contribution in [0.25, 0.3) is 27.8 Å². The van der Waals surface area contributed by atoms with Crippen LogP contribution in [0.15, 0.2) is 54.6 Å². The molecule has 0 bridgehead atoms. The molecule has 0 aliphatic rings. The first-order chi connectivity index (χ1) is 13.3. The molecule has 0 fully saturated rings. The van der Waals surface area contributed by atoms with Gasteiger partial charge in [0, 0.05) is 16.6 Å². The van der Waals surface area contributed by atoms with E-state index in [-0.39, 0.29) is 0 Å². The summed E-state index contributed by atoms with van der Waals surface area (Å²) in [5.41, 5.74) is 5.10. The summed E-state index contributed by atoms with van der Waals surface area (Å²) in [4.78, 5) is 4.76. The summed E-state index contributed by atoms with van der Waals surface area (Å²) in [7, 11) is 0. The van der Waals surface area contributed by atoms with Gasteiger partial charge in [-0.25, -0.2) is 9.67 Å². The molecular weight excluding hydrogens is 363 g/mol. The van der Waals surface area contributed by atoms with Gasteiger partial charge in [0.2, 0.25) is 0 Å². The van der Waals surface area contributed by atoms with E-state index in [9.17, 15) is 13.2 Å².